The highest BCUT2D eigenvalue weighted by Crippen LogP contribution is 2.49. The molecule has 4 rings (SSSR count). The van der Waals surface area contributed by atoms with Crippen LogP contribution in [0.25, 0.3) is 0 Å². The lowest BCUT2D eigenvalue weighted by Gasteiger charge is -2.55. The number of ether oxygens (including phenoxy) is 3. The molecule has 156 valence electrons. The summed E-state index contributed by atoms with van der Waals surface area (Å²) in [6.45, 7) is 1.39. The lowest BCUT2D eigenvalue weighted by atomic mass is 9.62. The second-order valence-corrected chi connectivity index (χ2v) is 7.27. The Morgan fingerprint density at radius 1 is 1.28 bits per heavy atom. The van der Waals surface area contributed by atoms with Crippen LogP contribution in [0.2, 0.25) is 0 Å². The molecule has 1 aromatic rings. The van der Waals surface area contributed by atoms with Crippen LogP contribution in [-0.2, 0) is 30.9 Å². The topological polar surface area (TPSA) is 123 Å². The molecule has 29 heavy (non-hydrogen) atoms. The van der Waals surface area contributed by atoms with Gasteiger partial charge in [-0.1, -0.05) is 6.07 Å². The van der Waals surface area contributed by atoms with E-state index in [9.17, 15) is 14.4 Å². The summed E-state index contributed by atoms with van der Waals surface area (Å²) in [6, 6.07) is 6.45. The van der Waals surface area contributed by atoms with E-state index >= 15 is 0 Å². The molecular formula is C20H23NO8. The number of nitrogens with zero attached hydrogens (tertiary/aromatic N) is 1. The summed E-state index contributed by atoms with van der Waals surface area (Å²) < 4.78 is 16.3. The molecular weight excluding hydrogens is 382 g/mol. The summed E-state index contributed by atoms with van der Waals surface area (Å²) in [4.78, 5) is 33.0. The van der Waals surface area contributed by atoms with Crippen LogP contribution in [0.1, 0.15) is 17.5 Å². The number of benzene rings is 1. The van der Waals surface area contributed by atoms with E-state index in [1.807, 2.05) is 6.07 Å². The molecule has 1 aliphatic carbocycles. The van der Waals surface area contributed by atoms with Crippen molar-refractivity contribution in [3.8, 4) is 5.75 Å². The monoisotopic (exact) mass is 405 g/mol. The van der Waals surface area contributed by atoms with Gasteiger partial charge in [0.25, 0.3) is 0 Å². The molecule has 0 amide bonds. The molecule has 2 bridgehead atoms. The number of fused-ring (bicyclic) bond motifs is 1. The molecule has 0 saturated carbocycles. The van der Waals surface area contributed by atoms with Crippen molar-refractivity contribution in [3.05, 3.63) is 41.5 Å². The minimum atomic E-state index is -1.26. The number of likely N-dealkylation sites (tertiary alicyclic amines) is 1. The first-order chi connectivity index (χ1) is 13.8. The molecule has 2 aliphatic heterocycles. The number of aliphatic carboxylic acids is 2. The molecule has 0 spiro atoms. The number of piperidine rings is 1. The van der Waals surface area contributed by atoms with Gasteiger partial charge in [-0.2, -0.15) is 0 Å². The molecule has 2 fully saturated rings. The van der Waals surface area contributed by atoms with Gasteiger partial charge in [-0.25, -0.2) is 14.4 Å². The number of likely N-dealkylation sites (N-methyl/N-ethyl adjacent to an activating group) is 1. The number of hydrogen-bond donors (Lipinski definition) is 2. The average molecular weight is 405 g/mol. The zero-order valence-corrected chi connectivity index (χ0v) is 16.2. The minimum Gasteiger partial charge on any atom is -0.497 e. The maximum atomic E-state index is 11.6. The molecule has 1 aromatic carbocycles. The number of carboxylic acid groups (broad SMARTS) is 2. The smallest absolute Gasteiger partial charge is 0.497 e. The predicted molar refractivity (Wildman–Crippen MR) is 100 cm³/mol. The predicted octanol–water partition coefficient (Wildman–Crippen LogP) is 1.44. The number of hydrogen-bond acceptors (Lipinski definition) is 7. The van der Waals surface area contributed by atoms with Gasteiger partial charge in [0.05, 0.1) is 18.6 Å². The highest BCUT2D eigenvalue weighted by molar-refractivity contribution is 5.89. The van der Waals surface area contributed by atoms with Gasteiger partial charge in [-0.3, -0.25) is 4.90 Å². The molecule has 0 radical (unpaired) electrons. The number of methoxy groups -OCH3 is 1. The zero-order chi connectivity index (χ0) is 21.2. The van der Waals surface area contributed by atoms with Crippen molar-refractivity contribution < 1.29 is 38.8 Å². The Labute approximate surface area is 167 Å². The fourth-order valence-electron chi connectivity index (χ4n) is 4.27. The second-order valence-electron chi connectivity index (χ2n) is 7.27. The average Bonchev–Trinajstić information content (AvgIpc) is 2.69. The van der Waals surface area contributed by atoms with Gasteiger partial charge < -0.3 is 24.4 Å². The Balaban J connectivity index is 0.000000258. The van der Waals surface area contributed by atoms with Crippen LogP contribution in [0.5, 0.6) is 5.75 Å². The van der Waals surface area contributed by atoms with Gasteiger partial charge in [0.15, 0.2) is 0 Å². The third-order valence-corrected chi connectivity index (χ3v) is 5.69. The highest BCUT2D eigenvalue weighted by Gasteiger charge is 2.58. The van der Waals surface area contributed by atoms with E-state index < -0.39 is 18.1 Å². The van der Waals surface area contributed by atoms with Gasteiger partial charge in [-0.05, 0) is 49.7 Å². The molecule has 3 aliphatic rings. The molecule has 2 saturated heterocycles. The summed E-state index contributed by atoms with van der Waals surface area (Å²) >= 11 is 0. The Morgan fingerprint density at radius 3 is 2.59 bits per heavy atom. The van der Waals surface area contributed by atoms with Crippen LogP contribution >= 0.6 is 0 Å². The quantitative estimate of drug-likeness (QED) is 0.568. The Hall–Kier alpha value is -3.07. The van der Waals surface area contributed by atoms with Crippen molar-refractivity contribution in [2.24, 2.45) is 0 Å². The number of carboxylic acids is 2. The van der Waals surface area contributed by atoms with Gasteiger partial charge in [0.1, 0.15) is 18.5 Å². The molecule has 9 heteroatoms. The summed E-state index contributed by atoms with van der Waals surface area (Å²) in [5, 5.41) is 15.6. The van der Waals surface area contributed by atoms with Crippen molar-refractivity contribution in [3.63, 3.8) is 0 Å². The number of cyclic esters (lactones) is 1. The molecule has 0 aromatic heterocycles. The summed E-state index contributed by atoms with van der Waals surface area (Å²) in [6.07, 6.45) is 2.28. The molecule has 0 unspecified atom stereocenters. The van der Waals surface area contributed by atoms with Crippen LogP contribution in [0.4, 0.5) is 4.79 Å². The van der Waals surface area contributed by atoms with E-state index in [1.165, 1.54) is 11.1 Å². The normalized spacial score (nSPS) is 27.4. The van der Waals surface area contributed by atoms with Crippen molar-refractivity contribution in [2.45, 2.75) is 30.4 Å². The fourth-order valence-corrected chi connectivity index (χ4v) is 4.27. The fraction of sp³-hybridized carbons (Fsp3) is 0.450. The van der Waals surface area contributed by atoms with E-state index in [1.54, 1.807) is 7.11 Å². The van der Waals surface area contributed by atoms with E-state index in [0.717, 1.165) is 25.1 Å². The standard InChI is InChI=1S/C16H19NO4.C4H4O4/c1-17-6-5-16-9-20-15(18)21-14(16)13(17)7-10-3-4-11(19-2)8-12(10)16;5-3(6)1-2-4(7)8/h3-4,8,13-14H,5-7,9H2,1-2H3;1-2H,(H,5,6)(H,7,8)/b;2-1+/t13-,14+,16-;/m1./s1. The lowest BCUT2D eigenvalue weighted by molar-refractivity contribution is -0.134. The molecule has 9 nitrogen and oxygen atoms in total. The van der Waals surface area contributed by atoms with Crippen LogP contribution in [0.3, 0.4) is 0 Å². The van der Waals surface area contributed by atoms with Crippen molar-refractivity contribution in [2.75, 3.05) is 27.3 Å². The zero-order valence-electron chi connectivity index (χ0n) is 16.2. The summed E-state index contributed by atoms with van der Waals surface area (Å²) in [5.41, 5.74) is 2.31. The van der Waals surface area contributed by atoms with E-state index in [4.69, 9.17) is 24.4 Å². The Bertz CT molecular complexity index is 835. The third kappa shape index (κ3) is 4.04. The van der Waals surface area contributed by atoms with E-state index in [0.29, 0.717) is 18.8 Å². The maximum Gasteiger partial charge on any atom is 0.508 e. The van der Waals surface area contributed by atoms with Crippen LogP contribution in [0.15, 0.2) is 30.4 Å². The first-order valence-electron chi connectivity index (χ1n) is 9.12. The lowest BCUT2D eigenvalue weighted by Crippen LogP contribution is -2.67. The Kier molecular flexibility index (Phi) is 5.78. The first-order valence-corrected chi connectivity index (χ1v) is 9.12. The van der Waals surface area contributed by atoms with Crippen molar-refractivity contribution in [1.82, 2.24) is 4.90 Å². The largest absolute Gasteiger partial charge is 0.508 e. The van der Waals surface area contributed by atoms with Gasteiger partial charge in [0, 0.05) is 12.2 Å². The highest BCUT2D eigenvalue weighted by atomic mass is 16.7. The van der Waals surface area contributed by atoms with Crippen LogP contribution in [0, 0.1) is 0 Å². The van der Waals surface area contributed by atoms with Crippen molar-refractivity contribution >= 4 is 18.1 Å². The van der Waals surface area contributed by atoms with Gasteiger partial charge >= 0.3 is 18.1 Å². The molecule has 2 N–H and O–H groups in total. The maximum absolute atomic E-state index is 11.6. The first kappa shape index (κ1) is 20.7. The number of carbonyl (C=O) groups excluding carboxylic acids is 1. The SMILES string of the molecule is COc1ccc2c(c1)[C@]13CCN(C)[C@H](C2)[C@@H]1OC(=O)OC3.O=C(O)/C=C/C(=O)O. The van der Waals surface area contributed by atoms with Crippen LogP contribution < -0.4 is 4.74 Å². The van der Waals surface area contributed by atoms with Gasteiger partial charge in [-0.15, -0.1) is 0 Å². The summed E-state index contributed by atoms with van der Waals surface area (Å²) in [7, 11) is 3.78. The molecule has 2 heterocycles. The number of rotatable bonds is 3. The summed E-state index contributed by atoms with van der Waals surface area (Å²) in [5.74, 6) is -1.67. The van der Waals surface area contributed by atoms with E-state index in [2.05, 4.69) is 24.1 Å². The second kappa shape index (κ2) is 8.12. The Morgan fingerprint density at radius 2 is 1.97 bits per heavy atom. The van der Waals surface area contributed by atoms with Crippen LogP contribution in [-0.4, -0.2) is 72.7 Å². The van der Waals surface area contributed by atoms with Gasteiger partial charge in [0.2, 0.25) is 0 Å². The van der Waals surface area contributed by atoms with E-state index in [-0.39, 0.29) is 17.6 Å². The van der Waals surface area contributed by atoms with Crippen molar-refractivity contribution in [1.29, 1.82) is 0 Å². The third-order valence-electron chi connectivity index (χ3n) is 5.69. The minimum absolute atomic E-state index is 0.128. The molecule has 3 atom stereocenters. The number of carbonyl (C=O) groups is 3.